The van der Waals surface area contributed by atoms with Crippen LogP contribution in [0.1, 0.15) is 29.3 Å². The Kier molecular flexibility index (Phi) is 6.59. The molecule has 9 heteroatoms. The van der Waals surface area contributed by atoms with E-state index in [4.69, 9.17) is 0 Å². The van der Waals surface area contributed by atoms with E-state index in [1.165, 1.54) is 0 Å². The third-order valence-electron chi connectivity index (χ3n) is 4.07. The van der Waals surface area contributed by atoms with E-state index in [9.17, 15) is 18.0 Å². The molecule has 136 valence electrons. The summed E-state index contributed by atoms with van der Waals surface area (Å²) in [6.07, 6.45) is -4.50. The number of carbonyl (C=O) groups excluding carboxylic acids is 1. The molecule has 1 saturated heterocycles. The van der Waals surface area contributed by atoms with Gasteiger partial charge in [-0.1, -0.05) is 13.8 Å². The smallest absolute Gasteiger partial charge is 0.350 e. The van der Waals surface area contributed by atoms with Gasteiger partial charge in [0.15, 0.2) is 5.01 Å². The highest BCUT2D eigenvalue weighted by Gasteiger charge is 2.35. The van der Waals surface area contributed by atoms with Crippen LogP contribution in [0.3, 0.4) is 0 Å². The zero-order valence-corrected chi connectivity index (χ0v) is 14.7. The minimum absolute atomic E-state index is 0.170. The van der Waals surface area contributed by atoms with Crippen LogP contribution in [-0.4, -0.2) is 66.5 Å². The highest BCUT2D eigenvalue weighted by Crippen LogP contribution is 2.31. The Morgan fingerprint density at radius 3 is 2.50 bits per heavy atom. The van der Waals surface area contributed by atoms with Crippen molar-refractivity contribution < 1.29 is 18.0 Å². The fourth-order valence-electron chi connectivity index (χ4n) is 2.66. The number of nitrogens with zero attached hydrogens (tertiary/aromatic N) is 3. The Morgan fingerprint density at radius 1 is 1.33 bits per heavy atom. The maximum atomic E-state index is 12.5. The molecule has 0 bridgehead atoms. The van der Waals surface area contributed by atoms with E-state index in [0.29, 0.717) is 17.9 Å². The molecule has 0 saturated carbocycles. The maximum absolute atomic E-state index is 12.5. The summed E-state index contributed by atoms with van der Waals surface area (Å²) >= 11 is 0.440. The molecule has 1 aliphatic rings. The quantitative estimate of drug-likeness (QED) is 0.841. The Hall–Kier alpha value is -1.19. The molecular formula is C15H23F3N4OS. The molecule has 0 radical (unpaired) electrons. The molecule has 1 aromatic heterocycles. The molecule has 0 unspecified atom stereocenters. The lowest BCUT2D eigenvalue weighted by atomic mass is 10.1. The molecule has 1 aromatic rings. The van der Waals surface area contributed by atoms with Crippen LogP contribution in [0.4, 0.5) is 13.2 Å². The maximum Gasteiger partial charge on any atom is 0.443 e. The predicted octanol–water partition coefficient (Wildman–Crippen LogP) is 2.17. The monoisotopic (exact) mass is 364 g/mol. The van der Waals surface area contributed by atoms with Crippen molar-refractivity contribution in [2.75, 3.05) is 45.8 Å². The minimum atomic E-state index is -4.50. The van der Waals surface area contributed by atoms with Gasteiger partial charge in [0.2, 0.25) is 0 Å². The first kappa shape index (κ1) is 19.1. The molecule has 24 heavy (non-hydrogen) atoms. The lowest BCUT2D eigenvalue weighted by Gasteiger charge is -2.35. The average Bonchev–Trinajstić information content (AvgIpc) is 3.03. The first-order valence-corrected chi connectivity index (χ1v) is 8.93. The van der Waals surface area contributed by atoms with Gasteiger partial charge < -0.3 is 15.1 Å². The van der Waals surface area contributed by atoms with Gasteiger partial charge in [-0.15, -0.1) is 11.3 Å². The van der Waals surface area contributed by atoms with E-state index < -0.39 is 17.1 Å². The van der Waals surface area contributed by atoms with Gasteiger partial charge in [-0.2, -0.15) is 13.2 Å². The Labute approximate surface area is 143 Å². The van der Waals surface area contributed by atoms with E-state index in [-0.39, 0.29) is 11.6 Å². The molecule has 1 atom stereocenters. The number of likely N-dealkylation sites (N-methyl/N-ethyl adjacent to an activating group) is 1. The van der Waals surface area contributed by atoms with Crippen molar-refractivity contribution in [2.24, 2.45) is 5.92 Å². The number of hydrogen-bond acceptors (Lipinski definition) is 5. The molecule has 0 spiro atoms. The number of halogens is 3. The molecule has 0 aliphatic carbocycles. The molecule has 1 fully saturated rings. The number of aromatic nitrogens is 1. The van der Waals surface area contributed by atoms with Gasteiger partial charge in [-0.05, 0) is 12.5 Å². The van der Waals surface area contributed by atoms with Crippen LogP contribution in [0.25, 0.3) is 0 Å². The van der Waals surface area contributed by atoms with Crippen molar-refractivity contribution in [3.63, 3.8) is 0 Å². The van der Waals surface area contributed by atoms with Gasteiger partial charge in [0.1, 0.15) is 5.69 Å². The van der Waals surface area contributed by atoms with Crippen molar-refractivity contribution >= 4 is 17.2 Å². The normalized spacial score (nSPS) is 18.5. The number of alkyl halides is 3. The topological polar surface area (TPSA) is 48.5 Å². The molecule has 2 rings (SSSR count). The van der Waals surface area contributed by atoms with Crippen molar-refractivity contribution in [3.05, 3.63) is 16.1 Å². The number of piperazine rings is 1. The summed E-state index contributed by atoms with van der Waals surface area (Å²) in [5, 5.41) is 2.83. The van der Waals surface area contributed by atoms with Crippen molar-refractivity contribution in [2.45, 2.75) is 20.0 Å². The van der Waals surface area contributed by atoms with Crippen LogP contribution in [-0.2, 0) is 6.18 Å². The van der Waals surface area contributed by atoms with E-state index >= 15 is 0 Å². The highest BCUT2D eigenvalue weighted by atomic mass is 32.1. The molecule has 1 aliphatic heterocycles. The van der Waals surface area contributed by atoms with Gasteiger partial charge in [-0.3, -0.25) is 4.79 Å². The Balaban J connectivity index is 1.74. The SMILES string of the molecule is CCN1CCN(C[C@H](C)CNC(=O)c2csc(C(F)(F)F)n2)CC1. The first-order chi connectivity index (χ1) is 11.3. The van der Waals surface area contributed by atoms with Crippen molar-refractivity contribution in [3.8, 4) is 0 Å². The third-order valence-corrected chi connectivity index (χ3v) is 4.96. The van der Waals surface area contributed by atoms with Gasteiger partial charge in [-0.25, -0.2) is 4.98 Å². The second-order valence-corrected chi connectivity index (χ2v) is 6.94. The Bertz CT molecular complexity index is 541. The second-order valence-electron chi connectivity index (χ2n) is 6.09. The van der Waals surface area contributed by atoms with Crippen molar-refractivity contribution in [1.82, 2.24) is 20.1 Å². The summed E-state index contributed by atoms with van der Waals surface area (Å²) in [4.78, 5) is 20.0. The summed E-state index contributed by atoms with van der Waals surface area (Å²) < 4.78 is 37.5. The summed E-state index contributed by atoms with van der Waals surface area (Å²) in [5.74, 6) is -0.327. The van der Waals surface area contributed by atoms with Gasteiger partial charge >= 0.3 is 6.18 Å². The van der Waals surface area contributed by atoms with Crippen LogP contribution in [0.15, 0.2) is 5.38 Å². The summed E-state index contributed by atoms with van der Waals surface area (Å²) in [6, 6.07) is 0. The molecule has 2 heterocycles. The lowest BCUT2D eigenvalue weighted by molar-refractivity contribution is -0.137. The molecule has 0 aromatic carbocycles. The predicted molar refractivity (Wildman–Crippen MR) is 87.2 cm³/mol. The Morgan fingerprint density at radius 2 is 1.96 bits per heavy atom. The molecule has 5 nitrogen and oxygen atoms in total. The summed E-state index contributed by atoms with van der Waals surface area (Å²) in [6.45, 7) is 10.6. The number of rotatable bonds is 6. The average molecular weight is 364 g/mol. The highest BCUT2D eigenvalue weighted by molar-refractivity contribution is 7.09. The lowest BCUT2D eigenvalue weighted by Crippen LogP contribution is -2.48. The zero-order chi connectivity index (χ0) is 17.7. The third kappa shape index (κ3) is 5.42. The second kappa shape index (κ2) is 8.26. The van der Waals surface area contributed by atoms with Crippen LogP contribution < -0.4 is 5.32 Å². The fraction of sp³-hybridized carbons (Fsp3) is 0.733. The van der Waals surface area contributed by atoms with Gasteiger partial charge in [0.05, 0.1) is 0 Å². The number of thiazole rings is 1. The number of hydrogen-bond donors (Lipinski definition) is 1. The fourth-order valence-corrected chi connectivity index (χ4v) is 3.33. The molecular weight excluding hydrogens is 341 g/mol. The van der Waals surface area contributed by atoms with E-state index in [2.05, 4.69) is 27.0 Å². The molecule has 1 N–H and O–H groups in total. The van der Waals surface area contributed by atoms with Crippen LogP contribution in [0, 0.1) is 5.92 Å². The minimum Gasteiger partial charge on any atom is -0.350 e. The molecule has 1 amide bonds. The van der Waals surface area contributed by atoms with Crippen molar-refractivity contribution in [1.29, 1.82) is 0 Å². The first-order valence-electron chi connectivity index (χ1n) is 8.05. The number of amides is 1. The van der Waals surface area contributed by atoms with Crippen LogP contribution in [0.5, 0.6) is 0 Å². The number of carbonyl (C=O) groups is 1. The van der Waals surface area contributed by atoms with Crippen LogP contribution in [0.2, 0.25) is 0 Å². The standard InChI is InChI=1S/C15H23F3N4OS/c1-3-21-4-6-22(7-5-21)9-11(2)8-19-13(23)12-10-24-14(20-12)15(16,17)18/h10-11H,3-9H2,1-2H3,(H,19,23)/t11-/m1/s1. The van der Waals surface area contributed by atoms with Crippen LogP contribution >= 0.6 is 11.3 Å². The van der Waals surface area contributed by atoms with Gasteiger partial charge in [0, 0.05) is 44.6 Å². The zero-order valence-electron chi connectivity index (χ0n) is 13.9. The van der Waals surface area contributed by atoms with E-state index in [0.717, 1.165) is 44.6 Å². The number of nitrogens with one attached hydrogen (secondary N) is 1. The largest absolute Gasteiger partial charge is 0.443 e. The van der Waals surface area contributed by atoms with E-state index in [1.807, 2.05) is 6.92 Å². The van der Waals surface area contributed by atoms with Gasteiger partial charge in [0.25, 0.3) is 5.91 Å². The summed E-state index contributed by atoms with van der Waals surface area (Å²) in [7, 11) is 0. The van der Waals surface area contributed by atoms with E-state index in [1.54, 1.807) is 0 Å². The summed E-state index contributed by atoms with van der Waals surface area (Å²) in [5.41, 5.74) is -0.170.